The zero-order valence-electron chi connectivity index (χ0n) is 12.1. The van der Waals surface area contributed by atoms with Crippen LogP contribution in [0, 0.1) is 5.41 Å². The Morgan fingerprint density at radius 3 is 2.00 bits per heavy atom. The van der Waals surface area contributed by atoms with Crippen molar-refractivity contribution in [1.29, 1.82) is 0 Å². The zero-order valence-corrected chi connectivity index (χ0v) is 12.1. The summed E-state index contributed by atoms with van der Waals surface area (Å²) in [7, 11) is 4.08. The predicted molar refractivity (Wildman–Crippen MR) is 70.7 cm³/mol. The van der Waals surface area contributed by atoms with E-state index in [1.807, 2.05) is 20.9 Å². The number of rotatable bonds is 6. The van der Waals surface area contributed by atoms with Crippen molar-refractivity contribution in [2.45, 2.75) is 52.7 Å². The fourth-order valence-corrected chi connectivity index (χ4v) is 2.10. The highest BCUT2D eigenvalue weighted by Crippen LogP contribution is 2.21. The van der Waals surface area contributed by atoms with Crippen molar-refractivity contribution < 1.29 is 5.11 Å². The topological polar surface area (TPSA) is 35.5 Å². The fraction of sp³-hybridized carbons (Fsp3) is 1.00. The summed E-state index contributed by atoms with van der Waals surface area (Å²) in [5.74, 6) is 0. The van der Waals surface area contributed by atoms with Gasteiger partial charge in [0.1, 0.15) is 0 Å². The van der Waals surface area contributed by atoms with Gasteiger partial charge in [-0.2, -0.15) is 0 Å². The molecule has 0 aromatic heterocycles. The predicted octanol–water partition coefficient (Wildman–Crippen LogP) is 1.71. The van der Waals surface area contributed by atoms with E-state index in [0.717, 1.165) is 13.0 Å². The van der Waals surface area contributed by atoms with E-state index in [2.05, 4.69) is 38.0 Å². The SMILES string of the molecule is CNC(CCN(C)CC(C)(C)O)C(C)(C)C. The van der Waals surface area contributed by atoms with Crippen LogP contribution in [0.15, 0.2) is 0 Å². The van der Waals surface area contributed by atoms with Gasteiger partial charge >= 0.3 is 0 Å². The molecule has 16 heavy (non-hydrogen) atoms. The molecule has 0 saturated carbocycles. The summed E-state index contributed by atoms with van der Waals surface area (Å²) in [6.45, 7) is 12.2. The number of hydrogen-bond donors (Lipinski definition) is 2. The van der Waals surface area contributed by atoms with Gasteiger partial charge in [-0.15, -0.1) is 0 Å². The lowest BCUT2D eigenvalue weighted by Gasteiger charge is -2.33. The lowest BCUT2D eigenvalue weighted by atomic mass is 9.85. The van der Waals surface area contributed by atoms with Gasteiger partial charge in [-0.25, -0.2) is 0 Å². The Balaban J connectivity index is 4.03. The van der Waals surface area contributed by atoms with Crippen molar-refractivity contribution in [1.82, 2.24) is 10.2 Å². The van der Waals surface area contributed by atoms with Gasteiger partial charge in [0.05, 0.1) is 5.60 Å². The van der Waals surface area contributed by atoms with Crippen LogP contribution in [0.1, 0.15) is 41.0 Å². The Kier molecular flexibility index (Phi) is 5.94. The Bertz CT molecular complexity index is 191. The summed E-state index contributed by atoms with van der Waals surface area (Å²) in [5, 5.41) is 13.1. The average Bonchev–Trinajstić information content (AvgIpc) is 1.98. The van der Waals surface area contributed by atoms with Crippen molar-refractivity contribution in [3.63, 3.8) is 0 Å². The molecule has 0 bridgehead atoms. The maximum absolute atomic E-state index is 9.71. The minimum absolute atomic E-state index is 0.282. The van der Waals surface area contributed by atoms with E-state index in [1.165, 1.54) is 0 Å². The molecule has 98 valence electrons. The maximum atomic E-state index is 9.71. The van der Waals surface area contributed by atoms with Gasteiger partial charge in [-0.3, -0.25) is 0 Å². The third kappa shape index (κ3) is 7.20. The highest BCUT2D eigenvalue weighted by molar-refractivity contribution is 4.80. The maximum Gasteiger partial charge on any atom is 0.0718 e. The number of nitrogens with one attached hydrogen (secondary N) is 1. The molecule has 2 N–H and O–H groups in total. The first-order valence-electron chi connectivity index (χ1n) is 6.14. The number of nitrogens with zero attached hydrogens (tertiary/aromatic N) is 1. The van der Waals surface area contributed by atoms with Crippen LogP contribution in [-0.2, 0) is 0 Å². The molecule has 0 aromatic rings. The van der Waals surface area contributed by atoms with Gasteiger partial charge < -0.3 is 15.3 Å². The summed E-state index contributed by atoms with van der Waals surface area (Å²) in [6, 6.07) is 0.511. The molecule has 0 aliphatic rings. The van der Waals surface area contributed by atoms with Crippen LogP contribution >= 0.6 is 0 Å². The van der Waals surface area contributed by atoms with Crippen LogP contribution in [0.2, 0.25) is 0 Å². The molecule has 0 saturated heterocycles. The summed E-state index contributed by atoms with van der Waals surface area (Å²) >= 11 is 0. The highest BCUT2D eigenvalue weighted by atomic mass is 16.3. The van der Waals surface area contributed by atoms with E-state index in [-0.39, 0.29) is 5.41 Å². The second-order valence-electron chi connectivity index (χ2n) is 6.55. The third-order valence-electron chi connectivity index (χ3n) is 2.85. The monoisotopic (exact) mass is 230 g/mol. The third-order valence-corrected chi connectivity index (χ3v) is 2.85. The number of likely N-dealkylation sites (N-methyl/N-ethyl adjacent to an activating group) is 1. The van der Waals surface area contributed by atoms with Crippen LogP contribution in [0.25, 0.3) is 0 Å². The molecule has 0 aliphatic carbocycles. The van der Waals surface area contributed by atoms with Crippen LogP contribution in [0.5, 0.6) is 0 Å². The second kappa shape index (κ2) is 5.99. The van der Waals surface area contributed by atoms with Crippen LogP contribution in [-0.4, -0.2) is 48.8 Å². The summed E-state index contributed by atoms with van der Waals surface area (Å²) in [5.41, 5.74) is -0.323. The highest BCUT2D eigenvalue weighted by Gasteiger charge is 2.23. The number of aliphatic hydroxyl groups is 1. The van der Waals surface area contributed by atoms with Crippen LogP contribution in [0.4, 0.5) is 0 Å². The normalized spacial score (nSPS) is 15.6. The van der Waals surface area contributed by atoms with Crippen molar-refractivity contribution in [3.05, 3.63) is 0 Å². The van der Waals surface area contributed by atoms with Gasteiger partial charge in [0.15, 0.2) is 0 Å². The van der Waals surface area contributed by atoms with Crippen molar-refractivity contribution in [3.8, 4) is 0 Å². The van der Waals surface area contributed by atoms with E-state index in [9.17, 15) is 5.11 Å². The quantitative estimate of drug-likeness (QED) is 0.729. The van der Waals surface area contributed by atoms with Gasteiger partial charge in [0.25, 0.3) is 0 Å². The molecule has 3 nitrogen and oxygen atoms in total. The number of hydrogen-bond acceptors (Lipinski definition) is 3. The first-order valence-corrected chi connectivity index (χ1v) is 6.14. The molecule has 0 aliphatic heterocycles. The molecular weight excluding hydrogens is 200 g/mol. The van der Waals surface area contributed by atoms with Crippen LogP contribution < -0.4 is 5.32 Å². The van der Waals surface area contributed by atoms with Gasteiger partial charge in [0, 0.05) is 12.6 Å². The van der Waals surface area contributed by atoms with E-state index in [4.69, 9.17) is 0 Å². The second-order valence-corrected chi connectivity index (χ2v) is 6.55. The molecular formula is C13H30N2O. The summed E-state index contributed by atoms with van der Waals surface area (Å²) in [4.78, 5) is 2.19. The van der Waals surface area contributed by atoms with Crippen LogP contribution in [0.3, 0.4) is 0 Å². The first kappa shape index (κ1) is 15.9. The van der Waals surface area contributed by atoms with E-state index in [1.54, 1.807) is 0 Å². The Labute approximate surface area is 101 Å². The lowest BCUT2D eigenvalue weighted by Crippen LogP contribution is -2.42. The molecule has 0 spiro atoms. The largest absolute Gasteiger partial charge is 0.389 e. The van der Waals surface area contributed by atoms with Gasteiger partial charge in [0.2, 0.25) is 0 Å². The standard InChI is InChI=1S/C13H30N2O/c1-12(2,3)11(14-6)8-9-15(7)10-13(4,5)16/h11,14,16H,8-10H2,1-7H3. The lowest BCUT2D eigenvalue weighted by molar-refractivity contribution is 0.0424. The summed E-state index contributed by atoms with van der Waals surface area (Å²) < 4.78 is 0. The molecule has 1 unspecified atom stereocenters. The molecule has 0 radical (unpaired) electrons. The Morgan fingerprint density at radius 2 is 1.69 bits per heavy atom. The minimum Gasteiger partial charge on any atom is -0.389 e. The molecule has 0 rings (SSSR count). The molecule has 3 heteroatoms. The van der Waals surface area contributed by atoms with Crippen molar-refractivity contribution in [2.24, 2.45) is 5.41 Å². The van der Waals surface area contributed by atoms with E-state index >= 15 is 0 Å². The van der Waals surface area contributed by atoms with Gasteiger partial charge in [-0.05, 0) is 46.3 Å². The molecule has 0 heterocycles. The Hall–Kier alpha value is -0.120. The zero-order chi connectivity index (χ0) is 13.0. The molecule has 0 amide bonds. The molecule has 0 fully saturated rings. The fourth-order valence-electron chi connectivity index (χ4n) is 2.10. The van der Waals surface area contributed by atoms with Crippen molar-refractivity contribution >= 4 is 0 Å². The van der Waals surface area contributed by atoms with Gasteiger partial charge in [-0.1, -0.05) is 20.8 Å². The minimum atomic E-state index is -0.606. The first-order chi connectivity index (χ1) is 7.06. The average molecular weight is 230 g/mol. The smallest absolute Gasteiger partial charge is 0.0718 e. The molecule has 0 aromatic carbocycles. The van der Waals surface area contributed by atoms with E-state index < -0.39 is 5.60 Å². The molecule has 1 atom stereocenters. The van der Waals surface area contributed by atoms with Crippen molar-refractivity contribution in [2.75, 3.05) is 27.2 Å². The van der Waals surface area contributed by atoms with E-state index in [0.29, 0.717) is 12.6 Å². The summed E-state index contributed by atoms with van der Waals surface area (Å²) in [6.07, 6.45) is 1.10. The Morgan fingerprint density at radius 1 is 1.19 bits per heavy atom.